The molecule has 0 fully saturated rings. The van der Waals surface area contributed by atoms with Gasteiger partial charge in [-0.25, -0.2) is 0 Å². The van der Waals surface area contributed by atoms with Crippen LogP contribution in [0.25, 0.3) is 10.1 Å². The summed E-state index contributed by atoms with van der Waals surface area (Å²) in [5.74, 6) is -0.297. The molecule has 1 aromatic heterocycles. The van der Waals surface area contributed by atoms with E-state index < -0.39 is 17.9 Å². The largest absolute Gasteiger partial charge is 0.481 e. The van der Waals surface area contributed by atoms with Gasteiger partial charge in [0.05, 0.1) is 5.02 Å². The molecule has 0 aliphatic carbocycles. The zero-order valence-electron chi connectivity index (χ0n) is 14.0. The Kier molecular flexibility index (Phi) is 5.75. The lowest BCUT2D eigenvalue weighted by molar-refractivity contribution is -0.128. The summed E-state index contributed by atoms with van der Waals surface area (Å²) < 4.78 is 6.56. The van der Waals surface area contributed by atoms with Crippen LogP contribution in [0.5, 0.6) is 5.75 Å². The third-order valence-corrected chi connectivity index (χ3v) is 5.40. The zero-order valence-corrected chi connectivity index (χ0v) is 15.6. The second-order valence-corrected chi connectivity index (χ2v) is 6.94. The van der Waals surface area contributed by atoms with Crippen LogP contribution < -0.4 is 15.6 Å². The van der Waals surface area contributed by atoms with Gasteiger partial charge in [0, 0.05) is 10.1 Å². The predicted octanol–water partition coefficient (Wildman–Crippen LogP) is 4.17. The average molecular weight is 389 g/mol. The number of carbonyl (C=O) groups excluding carboxylic acids is 2. The highest BCUT2D eigenvalue weighted by Crippen LogP contribution is 2.34. The number of amides is 2. The van der Waals surface area contributed by atoms with E-state index in [9.17, 15) is 9.59 Å². The van der Waals surface area contributed by atoms with Crippen LogP contribution in [0.3, 0.4) is 0 Å². The van der Waals surface area contributed by atoms with Gasteiger partial charge < -0.3 is 4.74 Å². The fourth-order valence-electron chi connectivity index (χ4n) is 2.40. The number of hydrogen-bond acceptors (Lipinski definition) is 4. The molecular weight excluding hydrogens is 372 g/mol. The Morgan fingerprint density at radius 1 is 1.08 bits per heavy atom. The summed E-state index contributed by atoms with van der Waals surface area (Å²) in [6.45, 7) is 1.83. The first-order valence-electron chi connectivity index (χ1n) is 8.09. The van der Waals surface area contributed by atoms with Crippen molar-refractivity contribution < 1.29 is 14.3 Å². The Hall–Kier alpha value is -2.57. The molecule has 0 aliphatic heterocycles. The quantitative estimate of drug-likeness (QED) is 0.644. The molecule has 1 atom stereocenters. The van der Waals surface area contributed by atoms with Crippen molar-refractivity contribution in [3.8, 4) is 5.75 Å². The molecule has 0 bridgehead atoms. The second kappa shape index (κ2) is 8.21. The molecule has 0 radical (unpaired) electrons. The zero-order chi connectivity index (χ0) is 18.5. The van der Waals surface area contributed by atoms with Crippen molar-refractivity contribution in [2.75, 3.05) is 0 Å². The van der Waals surface area contributed by atoms with Crippen molar-refractivity contribution in [3.63, 3.8) is 0 Å². The van der Waals surface area contributed by atoms with E-state index in [0.717, 1.165) is 10.1 Å². The van der Waals surface area contributed by atoms with Gasteiger partial charge in [0.15, 0.2) is 6.10 Å². The van der Waals surface area contributed by atoms with Gasteiger partial charge in [0.25, 0.3) is 11.8 Å². The molecule has 26 heavy (non-hydrogen) atoms. The van der Waals surface area contributed by atoms with Crippen LogP contribution in [0, 0.1) is 0 Å². The maximum Gasteiger partial charge on any atom is 0.281 e. The van der Waals surface area contributed by atoms with Crippen molar-refractivity contribution >= 4 is 44.8 Å². The first-order chi connectivity index (χ1) is 12.6. The molecule has 0 saturated heterocycles. The predicted molar refractivity (Wildman–Crippen MR) is 104 cm³/mol. The number of rotatable bonds is 5. The van der Waals surface area contributed by atoms with Crippen LogP contribution >= 0.6 is 22.9 Å². The second-order valence-electron chi connectivity index (χ2n) is 5.51. The monoisotopic (exact) mass is 388 g/mol. The minimum Gasteiger partial charge on any atom is -0.481 e. The van der Waals surface area contributed by atoms with Crippen molar-refractivity contribution in [2.45, 2.75) is 19.4 Å². The van der Waals surface area contributed by atoms with Crippen molar-refractivity contribution in [3.05, 3.63) is 64.5 Å². The van der Waals surface area contributed by atoms with E-state index in [1.54, 1.807) is 12.1 Å². The number of hydrogen-bond donors (Lipinski definition) is 2. The Labute approximate surface area is 159 Å². The van der Waals surface area contributed by atoms with Gasteiger partial charge in [-0.05, 0) is 24.6 Å². The molecule has 0 saturated carbocycles. The lowest BCUT2D eigenvalue weighted by Gasteiger charge is -2.17. The summed E-state index contributed by atoms with van der Waals surface area (Å²) in [5.41, 5.74) is 4.82. The molecule has 0 spiro atoms. The maximum absolute atomic E-state index is 12.4. The summed E-state index contributed by atoms with van der Waals surface area (Å²) in [5, 5.41) is 1.19. The molecule has 3 rings (SSSR count). The molecule has 0 aliphatic rings. The number of benzene rings is 2. The number of fused-ring (bicyclic) bond motifs is 1. The fraction of sp³-hybridized carbons (Fsp3) is 0.158. The van der Waals surface area contributed by atoms with Gasteiger partial charge in [-0.1, -0.05) is 54.9 Å². The van der Waals surface area contributed by atoms with Gasteiger partial charge in [0.2, 0.25) is 0 Å². The van der Waals surface area contributed by atoms with E-state index in [2.05, 4.69) is 10.9 Å². The van der Waals surface area contributed by atoms with E-state index in [-0.39, 0.29) is 0 Å². The molecule has 2 aromatic carbocycles. The van der Waals surface area contributed by atoms with Crippen molar-refractivity contribution in [1.82, 2.24) is 10.9 Å². The minimum absolute atomic E-state index is 0.352. The minimum atomic E-state index is -0.712. The van der Waals surface area contributed by atoms with Crippen LogP contribution in [0.15, 0.2) is 54.6 Å². The van der Waals surface area contributed by atoms with Crippen LogP contribution in [0.4, 0.5) is 0 Å². The van der Waals surface area contributed by atoms with Gasteiger partial charge in [-0.15, -0.1) is 11.3 Å². The van der Waals surface area contributed by atoms with Crippen LogP contribution in [-0.2, 0) is 4.79 Å². The number of halogens is 1. The molecule has 2 N–H and O–H groups in total. The molecule has 1 heterocycles. The maximum atomic E-state index is 12.4. The number of hydrazine groups is 1. The molecule has 3 aromatic rings. The first kappa shape index (κ1) is 18.2. The molecule has 134 valence electrons. The summed E-state index contributed by atoms with van der Waals surface area (Å²) in [6.07, 6.45) is -0.254. The fourth-order valence-corrected chi connectivity index (χ4v) is 3.81. The first-order valence-corrected chi connectivity index (χ1v) is 9.28. The summed E-state index contributed by atoms with van der Waals surface area (Å²) in [6, 6.07) is 16.5. The highest BCUT2D eigenvalue weighted by Gasteiger charge is 2.21. The highest BCUT2D eigenvalue weighted by molar-refractivity contribution is 7.21. The summed E-state index contributed by atoms with van der Waals surface area (Å²) in [7, 11) is 0. The third kappa shape index (κ3) is 3.98. The lowest BCUT2D eigenvalue weighted by Crippen LogP contribution is -2.47. The molecule has 5 nitrogen and oxygen atoms in total. The SMILES string of the molecule is CCC(Oc1ccccc1)C(=O)NNC(=O)c1sc2ccccc2c1Cl. The Morgan fingerprint density at radius 2 is 1.77 bits per heavy atom. The van der Waals surface area contributed by atoms with Gasteiger partial charge in [-0.2, -0.15) is 0 Å². The van der Waals surface area contributed by atoms with Gasteiger partial charge >= 0.3 is 0 Å². The number of para-hydroxylation sites is 1. The number of nitrogens with one attached hydrogen (secondary N) is 2. The van der Waals surface area contributed by atoms with E-state index in [1.807, 2.05) is 49.4 Å². The van der Waals surface area contributed by atoms with E-state index in [1.165, 1.54) is 11.3 Å². The van der Waals surface area contributed by atoms with E-state index in [4.69, 9.17) is 16.3 Å². The van der Waals surface area contributed by atoms with Crippen LogP contribution in [-0.4, -0.2) is 17.9 Å². The van der Waals surface area contributed by atoms with Gasteiger partial charge in [-0.3, -0.25) is 20.4 Å². The Balaban J connectivity index is 1.64. The summed E-state index contributed by atoms with van der Waals surface area (Å²) >= 11 is 7.55. The number of thiophene rings is 1. The van der Waals surface area contributed by atoms with Crippen LogP contribution in [0.2, 0.25) is 5.02 Å². The summed E-state index contributed by atoms with van der Waals surface area (Å²) in [4.78, 5) is 25.0. The molecule has 7 heteroatoms. The number of carbonyl (C=O) groups is 2. The average Bonchev–Trinajstić information content (AvgIpc) is 3.02. The Bertz CT molecular complexity index is 927. The standard InChI is InChI=1S/C19H17ClN2O3S/c1-2-14(25-12-8-4-3-5-9-12)18(23)21-22-19(24)17-16(20)13-10-6-7-11-15(13)26-17/h3-11,14H,2H2,1H3,(H,21,23)(H,22,24). The molecule has 2 amide bonds. The highest BCUT2D eigenvalue weighted by atomic mass is 35.5. The molecule has 1 unspecified atom stereocenters. The molecular formula is C19H17ClN2O3S. The van der Waals surface area contributed by atoms with Gasteiger partial charge in [0.1, 0.15) is 10.6 Å². The van der Waals surface area contributed by atoms with Crippen LogP contribution in [0.1, 0.15) is 23.0 Å². The topological polar surface area (TPSA) is 67.4 Å². The normalized spacial score (nSPS) is 11.8. The lowest BCUT2D eigenvalue weighted by atomic mass is 10.2. The smallest absolute Gasteiger partial charge is 0.281 e. The van der Waals surface area contributed by atoms with Crippen molar-refractivity contribution in [2.24, 2.45) is 0 Å². The van der Waals surface area contributed by atoms with E-state index in [0.29, 0.717) is 22.1 Å². The Morgan fingerprint density at radius 3 is 2.46 bits per heavy atom. The number of ether oxygens (including phenoxy) is 1. The third-order valence-electron chi connectivity index (χ3n) is 3.73. The van der Waals surface area contributed by atoms with E-state index >= 15 is 0 Å². The van der Waals surface area contributed by atoms with Crippen molar-refractivity contribution in [1.29, 1.82) is 0 Å².